The lowest BCUT2D eigenvalue weighted by molar-refractivity contribution is -0.116. The van der Waals surface area contributed by atoms with Gasteiger partial charge in [-0.15, -0.1) is 0 Å². The highest BCUT2D eigenvalue weighted by molar-refractivity contribution is 5.98. The van der Waals surface area contributed by atoms with Crippen molar-refractivity contribution >= 4 is 28.9 Å². The third kappa shape index (κ3) is 6.95. The van der Waals surface area contributed by atoms with Gasteiger partial charge in [-0.1, -0.05) is 49.7 Å². The molecule has 0 unspecified atom stereocenters. The number of unbranched alkanes of at least 4 members (excludes halogenated alkanes) is 1. The second kappa shape index (κ2) is 11.2. The number of nitrogens with one attached hydrogen (secondary N) is 1. The lowest BCUT2D eigenvalue weighted by Gasteiger charge is -2.24. The number of hydrogen-bond donors (Lipinski definition) is 1. The SMILES string of the molecule is CCCCC(=O)Nc1ccc(C)cc1N(C)c1ccc(-c2ccccc2C(=O)OC(C)(C)C)cc1. The van der Waals surface area contributed by atoms with Crippen LogP contribution in [0.25, 0.3) is 11.1 Å². The van der Waals surface area contributed by atoms with Crippen LogP contribution in [-0.2, 0) is 9.53 Å². The molecule has 0 radical (unpaired) electrons. The van der Waals surface area contributed by atoms with Gasteiger partial charge in [-0.2, -0.15) is 0 Å². The molecule has 3 aromatic rings. The fourth-order valence-electron chi connectivity index (χ4n) is 3.82. The Morgan fingerprint density at radius 2 is 1.66 bits per heavy atom. The third-order valence-electron chi connectivity index (χ3n) is 5.66. The van der Waals surface area contributed by atoms with E-state index in [-0.39, 0.29) is 11.9 Å². The van der Waals surface area contributed by atoms with E-state index in [1.807, 2.05) is 89.3 Å². The van der Waals surface area contributed by atoms with Crippen LogP contribution in [0.2, 0.25) is 0 Å². The number of hydrogen-bond acceptors (Lipinski definition) is 4. The molecule has 0 heterocycles. The minimum absolute atomic E-state index is 0.0273. The van der Waals surface area contributed by atoms with Crippen LogP contribution in [0.3, 0.4) is 0 Å². The molecule has 0 bridgehead atoms. The summed E-state index contributed by atoms with van der Waals surface area (Å²) in [5, 5.41) is 3.07. The molecule has 3 rings (SSSR count). The van der Waals surface area contributed by atoms with Crippen LogP contribution >= 0.6 is 0 Å². The van der Waals surface area contributed by atoms with E-state index < -0.39 is 5.60 Å². The lowest BCUT2D eigenvalue weighted by Crippen LogP contribution is -2.24. The Morgan fingerprint density at radius 1 is 0.971 bits per heavy atom. The summed E-state index contributed by atoms with van der Waals surface area (Å²) in [7, 11) is 1.99. The molecule has 0 aromatic heterocycles. The molecule has 0 saturated heterocycles. The smallest absolute Gasteiger partial charge is 0.339 e. The van der Waals surface area contributed by atoms with E-state index >= 15 is 0 Å². The highest BCUT2D eigenvalue weighted by Crippen LogP contribution is 2.34. The van der Waals surface area contributed by atoms with Gasteiger partial charge in [0.05, 0.1) is 16.9 Å². The maximum Gasteiger partial charge on any atom is 0.339 e. The monoisotopic (exact) mass is 472 g/mol. The molecule has 0 aliphatic carbocycles. The summed E-state index contributed by atoms with van der Waals surface area (Å²) in [6.07, 6.45) is 2.37. The molecule has 3 aromatic carbocycles. The summed E-state index contributed by atoms with van der Waals surface area (Å²) >= 11 is 0. The third-order valence-corrected chi connectivity index (χ3v) is 5.66. The molecule has 0 fully saturated rings. The first-order valence-corrected chi connectivity index (χ1v) is 12.2. The van der Waals surface area contributed by atoms with Crippen molar-refractivity contribution in [1.82, 2.24) is 0 Å². The summed E-state index contributed by atoms with van der Waals surface area (Å²) in [6, 6.07) is 21.6. The Balaban J connectivity index is 1.88. The Labute approximate surface area is 209 Å². The van der Waals surface area contributed by atoms with Crippen molar-refractivity contribution in [2.24, 2.45) is 0 Å². The van der Waals surface area contributed by atoms with Gasteiger partial charge in [0.1, 0.15) is 5.60 Å². The van der Waals surface area contributed by atoms with E-state index in [0.717, 1.165) is 46.6 Å². The van der Waals surface area contributed by atoms with Crippen molar-refractivity contribution in [2.45, 2.75) is 59.5 Å². The highest BCUT2D eigenvalue weighted by atomic mass is 16.6. The van der Waals surface area contributed by atoms with Gasteiger partial charge >= 0.3 is 5.97 Å². The first-order valence-electron chi connectivity index (χ1n) is 12.2. The second-order valence-electron chi connectivity index (χ2n) is 9.83. The van der Waals surface area contributed by atoms with Crippen molar-refractivity contribution in [3.05, 3.63) is 77.9 Å². The number of ether oxygens (including phenoxy) is 1. The Bertz CT molecular complexity index is 1180. The maximum atomic E-state index is 12.8. The van der Waals surface area contributed by atoms with Crippen LogP contribution in [0.5, 0.6) is 0 Å². The average molecular weight is 473 g/mol. The molecule has 0 atom stereocenters. The van der Waals surface area contributed by atoms with Gasteiger partial charge in [0, 0.05) is 19.2 Å². The molecule has 0 saturated carbocycles. The normalized spacial score (nSPS) is 11.1. The number of carbonyl (C=O) groups excluding carboxylic acids is 2. The summed E-state index contributed by atoms with van der Waals surface area (Å²) in [6.45, 7) is 9.71. The predicted octanol–water partition coefficient (Wildman–Crippen LogP) is 7.51. The standard InChI is InChI=1S/C30H36N2O3/c1-7-8-13-28(33)31-26-19-14-21(2)20-27(26)32(6)23-17-15-22(16-18-23)24-11-9-10-12-25(24)29(34)35-30(3,4)5/h9-12,14-20H,7-8,13H2,1-6H3,(H,31,33). The highest BCUT2D eigenvalue weighted by Gasteiger charge is 2.21. The number of aryl methyl sites for hydroxylation is 1. The largest absolute Gasteiger partial charge is 0.456 e. The minimum atomic E-state index is -0.561. The second-order valence-corrected chi connectivity index (χ2v) is 9.83. The van der Waals surface area contributed by atoms with Crippen molar-refractivity contribution < 1.29 is 14.3 Å². The minimum Gasteiger partial charge on any atom is -0.456 e. The molecular formula is C30H36N2O3. The molecule has 35 heavy (non-hydrogen) atoms. The van der Waals surface area contributed by atoms with Crippen LogP contribution in [-0.4, -0.2) is 24.5 Å². The van der Waals surface area contributed by atoms with Crippen molar-refractivity contribution in [2.75, 3.05) is 17.3 Å². The van der Waals surface area contributed by atoms with Crippen molar-refractivity contribution in [1.29, 1.82) is 0 Å². The summed E-state index contributed by atoms with van der Waals surface area (Å²) in [4.78, 5) is 27.2. The number of carbonyl (C=O) groups is 2. The molecule has 0 aliphatic rings. The van der Waals surface area contributed by atoms with Crippen LogP contribution < -0.4 is 10.2 Å². The fourth-order valence-corrected chi connectivity index (χ4v) is 3.82. The molecule has 1 N–H and O–H groups in total. The number of esters is 1. The molecule has 184 valence electrons. The Kier molecular flexibility index (Phi) is 8.34. The van der Waals surface area contributed by atoms with Crippen molar-refractivity contribution in [3.8, 4) is 11.1 Å². The first-order chi connectivity index (χ1) is 16.6. The first kappa shape index (κ1) is 26.0. The molecular weight excluding hydrogens is 436 g/mol. The van der Waals surface area contributed by atoms with Gasteiger partial charge in [0.15, 0.2) is 0 Å². The molecule has 0 aliphatic heterocycles. The average Bonchev–Trinajstić information content (AvgIpc) is 2.82. The van der Waals surface area contributed by atoms with Crippen LogP contribution in [0, 0.1) is 6.92 Å². The summed E-state index contributed by atoms with van der Waals surface area (Å²) in [5.74, 6) is -0.308. The predicted molar refractivity (Wildman–Crippen MR) is 144 cm³/mol. The van der Waals surface area contributed by atoms with E-state index in [1.165, 1.54) is 0 Å². The van der Waals surface area contributed by atoms with E-state index in [2.05, 4.69) is 23.2 Å². The molecule has 5 heteroatoms. The molecule has 5 nitrogen and oxygen atoms in total. The van der Waals surface area contributed by atoms with Crippen molar-refractivity contribution in [3.63, 3.8) is 0 Å². The van der Waals surface area contributed by atoms with Crippen LogP contribution in [0.15, 0.2) is 66.7 Å². The zero-order chi connectivity index (χ0) is 25.6. The quantitative estimate of drug-likeness (QED) is 0.345. The van der Waals surface area contributed by atoms with Gasteiger partial charge in [0.2, 0.25) is 5.91 Å². The maximum absolute atomic E-state index is 12.8. The number of rotatable bonds is 8. The van der Waals surface area contributed by atoms with Crippen LogP contribution in [0.4, 0.5) is 17.1 Å². The zero-order valence-corrected chi connectivity index (χ0v) is 21.6. The lowest BCUT2D eigenvalue weighted by atomic mass is 9.99. The number of benzene rings is 3. The van der Waals surface area contributed by atoms with Gasteiger partial charge < -0.3 is 15.0 Å². The van der Waals surface area contributed by atoms with E-state index in [1.54, 1.807) is 6.07 Å². The molecule has 0 spiro atoms. The van der Waals surface area contributed by atoms with Gasteiger partial charge in [0.25, 0.3) is 0 Å². The van der Waals surface area contributed by atoms with E-state index in [0.29, 0.717) is 12.0 Å². The van der Waals surface area contributed by atoms with Gasteiger partial charge in [-0.05, 0) is 81.1 Å². The van der Waals surface area contributed by atoms with E-state index in [9.17, 15) is 9.59 Å². The number of nitrogens with zero attached hydrogens (tertiary/aromatic N) is 1. The zero-order valence-electron chi connectivity index (χ0n) is 21.6. The Morgan fingerprint density at radius 3 is 2.31 bits per heavy atom. The number of amides is 1. The fraction of sp³-hybridized carbons (Fsp3) is 0.333. The van der Waals surface area contributed by atoms with Gasteiger partial charge in [-0.25, -0.2) is 4.79 Å². The van der Waals surface area contributed by atoms with Gasteiger partial charge in [-0.3, -0.25) is 4.79 Å². The topological polar surface area (TPSA) is 58.6 Å². The Hall–Kier alpha value is -3.60. The summed E-state index contributed by atoms with van der Waals surface area (Å²) < 4.78 is 5.60. The molecule has 1 amide bonds. The number of anilines is 3. The van der Waals surface area contributed by atoms with E-state index in [4.69, 9.17) is 4.74 Å². The van der Waals surface area contributed by atoms with Crippen LogP contribution in [0.1, 0.15) is 62.9 Å². The summed E-state index contributed by atoms with van der Waals surface area (Å²) in [5.41, 5.74) is 5.54.